The van der Waals surface area contributed by atoms with Crippen LogP contribution in [-0.2, 0) is 14.5 Å². The van der Waals surface area contributed by atoms with Crippen LogP contribution < -0.4 is 0 Å². The molecule has 0 saturated carbocycles. The van der Waals surface area contributed by atoms with E-state index in [9.17, 15) is 25.0 Å². The molecule has 0 radical (unpaired) electrons. The summed E-state index contributed by atoms with van der Waals surface area (Å²) < 4.78 is 0. The Morgan fingerprint density at radius 1 is 1.29 bits per heavy atom. The van der Waals surface area contributed by atoms with Crippen molar-refractivity contribution in [3.05, 3.63) is 20.2 Å². The van der Waals surface area contributed by atoms with Gasteiger partial charge in [0.15, 0.2) is 0 Å². The van der Waals surface area contributed by atoms with Crippen LogP contribution in [0.4, 0.5) is 0 Å². The van der Waals surface area contributed by atoms with Crippen molar-refractivity contribution in [3.8, 4) is 0 Å². The van der Waals surface area contributed by atoms with Crippen molar-refractivity contribution in [1.29, 1.82) is 0 Å². The van der Waals surface area contributed by atoms with Gasteiger partial charge in [0.2, 0.25) is 0 Å². The van der Waals surface area contributed by atoms with E-state index in [1.165, 1.54) is 0 Å². The first kappa shape index (κ1) is 12.1. The van der Waals surface area contributed by atoms with E-state index in [1.807, 2.05) is 0 Å². The number of hydrogen-bond acceptors (Lipinski definition) is 7. The first-order valence-electron chi connectivity index (χ1n) is 3.58. The lowest BCUT2D eigenvalue weighted by atomic mass is 10.2. The monoisotopic (exact) mass is 208 g/mol. The minimum absolute atomic E-state index is 0.00167. The van der Waals surface area contributed by atoms with Crippen LogP contribution in [0.25, 0.3) is 0 Å². The number of hydrogen-bond donors (Lipinski definition) is 0. The van der Waals surface area contributed by atoms with Gasteiger partial charge >= 0.3 is 0 Å². The van der Waals surface area contributed by atoms with Crippen LogP contribution >= 0.6 is 0 Å². The summed E-state index contributed by atoms with van der Waals surface area (Å²) >= 11 is 0. The molecule has 0 aliphatic heterocycles. The molecule has 80 valence electrons. The second-order valence-electron chi connectivity index (χ2n) is 2.21. The summed E-state index contributed by atoms with van der Waals surface area (Å²) in [5.74, 6) is 0. The Kier molecular flexibility index (Phi) is 5.67. The van der Waals surface area contributed by atoms with E-state index in [1.54, 1.807) is 0 Å². The van der Waals surface area contributed by atoms with Gasteiger partial charge < -0.3 is 14.5 Å². The fourth-order valence-electron chi connectivity index (χ4n) is 0.686. The van der Waals surface area contributed by atoms with E-state index in [0.717, 1.165) is 0 Å². The molecule has 0 N–H and O–H groups in total. The van der Waals surface area contributed by atoms with Crippen LogP contribution in [0.1, 0.15) is 12.8 Å². The van der Waals surface area contributed by atoms with Crippen LogP contribution in [0.2, 0.25) is 0 Å². The van der Waals surface area contributed by atoms with Crippen LogP contribution in [0.15, 0.2) is 0 Å². The van der Waals surface area contributed by atoms with Crippen molar-refractivity contribution < 1.29 is 24.6 Å². The highest BCUT2D eigenvalue weighted by molar-refractivity contribution is 5.49. The molecule has 0 rings (SSSR count). The lowest BCUT2D eigenvalue weighted by Crippen LogP contribution is -2.24. The molecule has 0 aromatic carbocycles. The summed E-state index contributed by atoms with van der Waals surface area (Å²) in [6.07, 6.45) is -0.555. The highest BCUT2D eigenvalue weighted by Gasteiger charge is 2.14. The highest BCUT2D eigenvalue weighted by Crippen LogP contribution is 2.02. The summed E-state index contributed by atoms with van der Waals surface area (Å²) in [4.78, 5) is 37.5. The van der Waals surface area contributed by atoms with Gasteiger partial charge in [0, 0.05) is 6.42 Å². The van der Waals surface area contributed by atoms with Crippen molar-refractivity contribution in [2.45, 2.75) is 18.9 Å². The van der Waals surface area contributed by atoms with Gasteiger partial charge in [-0.2, -0.15) is 0 Å². The van der Waals surface area contributed by atoms with E-state index in [-0.39, 0.29) is 12.8 Å². The van der Waals surface area contributed by atoms with Gasteiger partial charge in [-0.15, -0.1) is 20.2 Å². The third kappa shape index (κ3) is 6.76. The Morgan fingerprint density at radius 3 is 2.36 bits per heavy atom. The topological polar surface area (TPSA) is 122 Å². The van der Waals surface area contributed by atoms with Gasteiger partial charge in [0.25, 0.3) is 10.2 Å². The largest absolute Gasteiger partial charge is 0.312 e. The summed E-state index contributed by atoms with van der Waals surface area (Å²) in [6, 6.07) is 0. The maximum atomic E-state index is 9.93. The standard InChI is InChI=1S/C5H8N2O7/c8-3-1-2-5(14-7(11)12)4-13-6(9)10/h3,5H,1-2,4H2. The smallest absolute Gasteiger partial charge is 0.294 e. The normalized spacial score (nSPS) is 11.4. The number of carbonyl (C=O) groups excluding carboxylic acids is 1. The SMILES string of the molecule is O=CCCC(CO[N+](=O)[O-])O[N+](=O)[O-]. The number of rotatable bonds is 8. The Balaban J connectivity index is 3.89. The Morgan fingerprint density at radius 2 is 1.93 bits per heavy atom. The zero-order valence-electron chi connectivity index (χ0n) is 7.03. The quantitative estimate of drug-likeness (QED) is 0.306. The fraction of sp³-hybridized carbons (Fsp3) is 0.800. The number of aldehydes is 1. The zero-order chi connectivity index (χ0) is 11.0. The van der Waals surface area contributed by atoms with Crippen molar-refractivity contribution >= 4 is 6.29 Å². The van der Waals surface area contributed by atoms with Crippen LogP contribution in [0.3, 0.4) is 0 Å². The molecule has 0 spiro atoms. The predicted octanol–water partition coefficient (Wildman–Crippen LogP) is -0.249. The van der Waals surface area contributed by atoms with Gasteiger partial charge in [0.1, 0.15) is 19.0 Å². The molecule has 9 heteroatoms. The lowest BCUT2D eigenvalue weighted by Gasteiger charge is -2.11. The Hall–Kier alpha value is -1.93. The third-order valence-corrected chi connectivity index (χ3v) is 1.21. The molecule has 0 aliphatic carbocycles. The molecular weight excluding hydrogens is 200 g/mol. The molecular formula is C5H8N2O7. The van der Waals surface area contributed by atoms with E-state index >= 15 is 0 Å². The maximum absolute atomic E-state index is 9.93. The molecule has 0 amide bonds. The van der Waals surface area contributed by atoms with E-state index in [0.29, 0.717) is 6.29 Å². The van der Waals surface area contributed by atoms with Crippen molar-refractivity contribution in [2.75, 3.05) is 6.61 Å². The fourth-order valence-corrected chi connectivity index (χ4v) is 0.686. The maximum Gasteiger partial charge on any atom is 0.294 e. The van der Waals surface area contributed by atoms with Crippen molar-refractivity contribution in [3.63, 3.8) is 0 Å². The molecule has 0 aliphatic rings. The summed E-state index contributed by atoms with van der Waals surface area (Å²) in [5, 5.41) is 17.5. The molecule has 0 heterocycles. The second-order valence-corrected chi connectivity index (χ2v) is 2.21. The Bertz CT molecular complexity index is 218. The van der Waals surface area contributed by atoms with E-state index in [2.05, 4.69) is 9.68 Å². The van der Waals surface area contributed by atoms with E-state index < -0.39 is 22.9 Å². The first-order chi connectivity index (χ1) is 6.56. The van der Waals surface area contributed by atoms with Gasteiger partial charge in [-0.05, 0) is 6.42 Å². The summed E-state index contributed by atoms with van der Waals surface area (Å²) in [5.41, 5.74) is 0. The molecule has 1 atom stereocenters. The third-order valence-electron chi connectivity index (χ3n) is 1.21. The first-order valence-corrected chi connectivity index (χ1v) is 3.58. The average molecular weight is 208 g/mol. The van der Waals surface area contributed by atoms with Gasteiger partial charge in [-0.25, -0.2) is 0 Å². The summed E-state index contributed by atoms with van der Waals surface area (Å²) in [7, 11) is 0. The lowest BCUT2D eigenvalue weighted by molar-refractivity contribution is -0.790. The van der Waals surface area contributed by atoms with Gasteiger partial charge in [-0.3, -0.25) is 0 Å². The Labute approximate surface area is 77.8 Å². The molecule has 0 saturated heterocycles. The van der Waals surface area contributed by atoms with Crippen molar-refractivity contribution in [1.82, 2.24) is 0 Å². The van der Waals surface area contributed by atoms with Crippen molar-refractivity contribution in [2.24, 2.45) is 0 Å². The molecule has 0 fully saturated rings. The van der Waals surface area contributed by atoms with Crippen LogP contribution in [0.5, 0.6) is 0 Å². The zero-order valence-corrected chi connectivity index (χ0v) is 7.03. The molecule has 1 unspecified atom stereocenters. The van der Waals surface area contributed by atoms with Gasteiger partial charge in [0.05, 0.1) is 0 Å². The summed E-state index contributed by atoms with van der Waals surface area (Å²) in [6.45, 7) is -0.568. The number of carbonyl (C=O) groups is 1. The molecule has 14 heavy (non-hydrogen) atoms. The molecule has 0 aromatic rings. The minimum atomic E-state index is -1.10. The second kappa shape index (κ2) is 6.57. The van der Waals surface area contributed by atoms with Crippen LogP contribution in [0, 0.1) is 20.2 Å². The average Bonchev–Trinajstić information content (AvgIpc) is 2.09. The molecule has 0 aromatic heterocycles. The van der Waals surface area contributed by atoms with Gasteiger partial charge in [-0.1, -0.05) is 0 Å². The molecule has 0 bridgehead atoms. The minimum Gasteiger partial charge on any atom is -0.312 e. The van der Waals surface area contributed by atoms with Crippen LogP contribution in [-0.4, -0.2) is 29.2 Å². The highest BCUT2D eigenvalue weighted by atomic mass is 17.0. The predicted molar refractivity (Wildman–Crippen MR) is 40.1 cm³/mol. The number of nitrogens with zero attached hydrogens (tertiary/aromatic N) is 2. The molecule has 9 nitrogen and oxygen atoms in total. The van der Waals surface area contributed by atoms with E-state index in [4.69, 9.17) is 0 Å².